The van der Waals surface area contributed by atoms with E-state index in [0.717, 1.165) is 21.8 Å². The molecule has 18 heavy (non-hydrogen) atoms. The minimum absolute atomic E-state index is 0.205. The Morgan fingerprint density at radius 3 is 2.67 bits per heavy atom. The Morgan fingerprint density at radius 1 is 1.28 bits per heavy atom. The van der Waals surface area contributed by atoms with Gasteiger partial charge in [0.2, 0.25) is 0 Å². The van der Waals surface area contributed by atoms with Crippen molar-refractivity contribution in [1.29, 1.82) is 0 Å². The molecule has 0 fully saturated rings. The summed E-state index contributed by atoms with van der Waals surface area (Å²) in [6, 6.07) is 6.40. The normalized spacial score (nSPS) is 12.4. The summed E-state index contributed by atoms with van der Waals surface area (Å²) < 4.78 is 2.16. The van der Waals surface area contributed by atoms with Crippen LogP contribution >= 0.6 is 31.9 Å². The van der Waals surface area contributed by atoms with Crippen LogP contribution in [0.3, 0.4) is 0 Å². The maximum absolute atomic E-state index is 5.65. The van der Waals surface area contributed by atoms with Gasteiger partial charge in [0.25, 0.3) is 0 Å². The number of benzene rings is 1. The summed E-state index contributed by atoms with van der Waals surface area (Å²) in [5.74, 6) is 5.65. The van der Waals surface area contributed by atoms with Gasteiger partial charge in [-0.2, -0.15) is 0 Å². The van der Waals surface area contributed by atoms with Crippen LogP contribution in [0.4, 0.5) is 0 Å². The Morgan fingerprint density at radius 2 is 2.06 bits per heavy atom. The van der Waals surface area contributed by atoms with Gasteiger partial charge in [-0.15, -0.1) is 6.58 Å². The second-order valence-electron chi connectivity index (χ2n) is 4.31. The number of unbranched alkanes of at least 4 members (excludes halogenated alkanes) is 3. The summed E-state index contributed by atoms with van der Waals surface area (Å²) in [4.78, 5) is 0. The maximum atomic E-state index is 5.65. The van der Waals surface area contributed by atoms with Crippen molar-refractivity contribution in [2.24, 2.45) is 5.84 Å². The zero-order valence-electron chi connectivity index (χ0n) is 10.5. The molecule has 1 rings (SSSR count). The maximum Gasteiger partial charge on any atom is 0.0471 e. The largest absolute Gasteiger partial charge is 0.271 e. The first-order valence-electron chi connectivity index (χ1n) is 6.21. The fourth-order valence-corrected chi connectivity index (χ4v) is 3.25. The van der Waals surface area contributed by atoms with Crippen LogP contribution in [-0.4, -0.2) is 0 Å². The van der Waals surface area contributed by atoms with Crippen molar-refractivity contribution in [2.75, 3.05) is 0 Å². The Hall–Kier alpha value is -0.160. The summed E-state index contributed by atoms with van der Waals surface area (Å²) in [6.07, 6.45) is 7.73. The fourth-order valence-electron chi connectivity index (χ4n) is 1.93. The Labute approximate surface area is 126 Å². The van der Waals surface area contributed by atoms with E-state index < -0.39 is 0 Å². The lowest BCUT2D eigenvalue weighted by Crippen LogP contribution is -2.28. The number of halogens is 2. The van der Waals surface area contributed by atoms with Gasteiger partial charge in [0.05, 0.1) is 0 Å². The highest BCUT2D eigenvalue weighted by molar-refractivity contribution is 9.11. The fraction of sp³-hybridized carbons (Fsp3) is 0.429. The SMILES string of the molecule is C=CCCCCCC(NN)c1ccc(Br)cc1Br. The number of nitrogens with one attached hydrogen (secondary N) is 1. The van der Waals surface area contributed by atoms with Crippen molar-refractivity contribution >= 4 is 31.9 Å². The molecule has 0 bridgehead atoms. The van der Waals surface area contributed by atoms with Crippen LogP contribution in [0.5, 0.6) is 0 Å². The minimum Gasteiger partial charge on any atom is -0.271 e. The average Bonchev–Trinajstić information content (AvgIpc) is 2.35. The number of hydrogen-bond acceptors (Lipinski definition) is 2. The molecule has 0 radical (unpaired) electrons. The van der Waals surface area contributed by atoms with E-state index in [1.54, 1.807) is 0 Å². The molecule has 2 nitrogen and oxygen atoms in total. The van der Waals surface area contributed by atoms with E-state index in [1.165, 1.54) is 24.8 Å². The van der Waals surface area contributed by atoms with Crippen LogP contribution in [0, 0.1) is 0 Å². The van der Waals surface area contributed by atoms with Crippen LogP contribution in [-0.2, 0) is 0 Å². The van der Waals surface area contributed by atoms with E-state index >= 15 is 0 Å². The zero-order chi connectivity index (χ0) is 13.4. The lowest BCUT2D eigenvalue weighted by Gasteiger charge is -2.18. The molecule has 0 saturated heterocycles. The van der Waals surface area contributed by atoms with Gasteiger partial charge in [-0.1, -0.05) is 56.8 Å². The molecule has 1 aromatic carbocycles. The lowest BCUT2D eigenvalue weighted by molar-refractivity contribution is 0.482. The molecule has 1 aromatic rings. The Kier molecular flexibility index (Phi) is 7.82. The molecule has 0 amide bonds. The predicted octanol–water partition coefficient (Wildman–Crippen LogP) is 4.85. The molecular formula is C14H20Br2N2. The molecule has 0 aliphatic rings. The van der Waals surface area contributed by atoms with Gasteiger partial charge in [0, 0.05) is 15.0 Å². The quantitative estimate of drug-likeness (QED) is 0.295. The molecule has 100 valence electrons. The van der Waals surface area contributed by atoms with Crippen LogP contribution in [0.25, 0.3) is 0 Å². The van der Waals surface area contributed by atoms with E-state index in [0.29, 0.717) is 0 Å². The number of rotatable bonds is 8. The molecule has 0 aliphatic carbocycles. The van der Waals surface area contributed by atoms with Gasteiger partial charge in [-0.25, -0.2) is 0 Å². The summed E-state index contributed by atoms with van der Waals surface area (Å²) >= 11 is 7.04. The molecule has 3 N–H and O–H groups in total. The topological polar surface area (TPSA) is 38.0 Å². The summed E-state index contributed by atoms with van der Waals surface area (Å²) in [6.45, 7) is 3.73. The molecular weight excluding hydrogens is 356 g/mol. The molecule has 0 aliphatic heterocycles. The molecule has 0 saturated carbocycles. The molecule has 0 heterocycles. The van der Waals surface area contributed by atoms with Gasteiger partial charge in [-0.05, 0) is 37.0 Å². The third-order valence-corrected chi connectivity index (χ3v) is 4.12. The van der Waals surface area contributed by atoms with E-state index in [2.05, 4.69) is 56.0 Å². The van der Waals surface area contributed by atoms with Gasteiger partial charge >= 0.3 is 0 Å². The van der Waals surface area contributed by atoms with Crippen LogP contribution in [0.2, 0.25) is 0 Å². The van der Waals surface area contributed by atoms with Gasteiger partial charge in [0.1, 0.15) is 0 Å². The smallest absolute Gasteiger partial charge is 0.0471 e. The number of hydrazine groups is 1. The van der Waals surface area contributed by atoms with Crippen molar-refractivity contribution < 1.29 is 0 Å². The second-order valence-corrected chi connectivity index (χ2v) is 6.08. The van der Waals surface area contributed by atoms with E-state index in [1.807, 2.05) is 12.1 Å². The van der Waals surface area contributed by atoms with Crippen molar-refractivity contribution in [3.63, 3.8) is 0 Å². The van der Waals surface area contributed by atoms with E-state index in [-0.39, 0.29) is 6.04 Å². The third-order valence-electron chi connectivity index (χ3n) is 2.94. The third kappa shape index (κ3) is 5.22. The molecule has 4 heteroatoms. The second kappa shape index (κ2) is 8.86. The molecule has 0 aromatic heterocycles. The first-order valence-corrected chi connectivity index (χ1v) is 7.79. The van der Waals surface area contributed by atoms with Gasteiger partial charge in [0.15, 0.2) is 0 Å². The number of hydrogen-bond donors (Lipinski definition) is 2. The van der Waals surface area contributed by atoms with E-state index in [9.17, 15) is 0 Å². The van der Waals surface area contributed by atoms with Crippen molar-refractivity contribution in [2.45, 2.75) is 38.1 Å². The van der Waals surface area contributed by atoms with Crippen LogP contribution in [0.1, 0.15) is 43.7 Å². The number of allylic oxidation sites excluding steroid dienone is 1. The van der Waals surface area contributed by atoms with Crippen molar-refractivity contribution in [1.82, 2.24) is 5.43 Å². The minimum atomic E-state index is 0.205. The highest BCUT2D eigenvalue weighted by atomic mass is 79.9. The van der Waals surface area contributed by atoms with Crippen LogP contribution in [0.15, 0.2) is 39.8 Å². The zero-order valence-corrected chi connectivity index (χ0v) is 13.6. The van der Waals surface area contributed by atoms with E-state index in [4.69, 9.17) is 5.84 Å². The highest BCUT2D eigenvalue weighted by Crippen LogP contribution is 2.29. The average molecular weight is 376 g/mol. The summed E-state index contributed by atoms with van der Waals surface area (Å²) in [5, 5.41) is 0. The summed E-state index contributed by atoms with van der Waals surface area (Å²) in [7, 11) is 0. The van der Waals surface area contributed by atoms with Crippen LogP contribution < -0.4 is 11.3 Å². The molecule has 0 spiro atoms. The van der Waals surface area contributed by atoms with Crippen molar-refractivity contribution in [3.05, 3.63) is 45.4 Å². The Bertz CT molecular complexity index is 380. The first-order chi connectivity index (χ1) is 8.69. The molecule has 1 unspecified atom stereocenters. The Balaban J connectivity index is 2.52. The standard InChI is InChI=1S/C14H20Br2N2/c1-2-3-4-5-6-7-14(18-17)12-9-8-11(15)10-13(12)16/h2,8-10,14,18H,1,3-7,17H2. The van der Waals surface area contributed by atoms with Gasteiger partial charge in [-0.3, -0.25) is 11.3 Å². The highest BCUT2D eigenvalue weighted by Gasteiger charge is 2.12. The molecule has 1 atom stereocenters. The monoisotopic (exact) mass is 374 g/mol. The van der Waals surface area contributed by atoms with Crippen molar-refractivity contribution in [3.8, 4) is 0 Å². The number of nitrogens with two attached hydrogens (primary N) is 1. The summed E-state index contributed by atoms with van der Waals surface area (Å²) in [5.41, 5.74) is 4.12. The van der Waals surface area contributed by atoms with Gasteiger partial charge < -0.3 is 0 Å². The lowest BCUT2D eigenvalue weighted by atomic mass is 10.0. The predicted molar refractivity (Wildman–Crippen MR) is 85.2 cm³/mol. The first kappa shape index (κ1) is 15.9.